The molecule has 1 aromatic carbocycles. The van der Waals surface area contributed by atoms with Crippen LogP contribution in [-0.4, -0.2) is 71.6 Å². The second-order valence-corrected chi connectivity index (χ2v) is 10.9. The van der Waals surface area contributed by atoms with Gasteiger partial charge in [-0.05, 0) is 57.0 Å². The van der Waals surface area contributed by atoms with Gasteiger partial charge in [-0.1, -0.05) is 11.8 Å². The van der Waals surface area contributed by atoms with Crippen LogP contribution >= 0.6 is 11.8 Å². The summed E-state index contributed by atoms with van der Waals surface area (Å²) in [6, 6.07) is 7.78. The van der Waals surface area contributed by atoms with Crippen molar-refractivity contribution in [2.24, 2.45) is 0 Å². The van der Waals surface area contributed by atoms with Crippen LogP contribution in [0.5, 0.6) is 5.75 Å². The zero-order valence-corrected chi connectivity index (χ0v) is 23.2. The number of hydrogen-bond donors (Lipinski definition) is 3. The molecule has 12 heteroatoms. The summed E-state index contributed by atoms with van der Waals surface area (Å²) >= 11 is -0.184. The molecule has 2 aromatic heterocycles. The van der Waals surface area contributed by atoms with Gasteiger partial charge in [0.05, 0.1) is 30.4 Å². The predicted octanol–water partition coefficient (Wildman–Crippen LogP) is 4.82. The molecule has 2 bridgehead atoms. The summed E-state index contributed by atoms with van der Waals surface area (Å²) in [5.74, 6) is 6.61. The monoisotopic (exact) mass is 572 g/mol. The Morgan fingerprint density at radius 3 is 2.77 bits per heavy atom. The number of nitrogens with one attached hydrogen (secondary N) is 3. The predicted molar refractivity (Wildman–Crippen MR) is 150 cm³/mol. The van der Waals surface area contributed by atoms with Crippen molar-refractivity contribution >= 4 is 34.7 Å². The summed E-state index contributed by atoms with van der Waals surface area (Å²) in [6.07, 6.45) is 7.42. The van der Waals surface area contributed by atoms with Crippen LogP contribution in [0.4, 0.5) is 24.7 Å². The number of carbonyl (C=O) groups excluding carboxylic acids is 1. The molecule has 212 valence electrons. The number of methoxy groups -OCH3 is 1. The molecule has 0 unspecified atom stereocenters. The fourth-order valence-corrected chi connectivity index (χ4v) is 6.37. The van der Waals surface area contributed by atoms with E-state index in [1.165, 1.54) is 30.3 Å². The number of ether oxygens (including phenoxy) is 1. The summed E-state index contributed by atoms with van der Waals surface area (Å²) in [6.45, 7) is 0.151. The van der Waals surface area contributed by atoms with Gasteiger partial charge in [-0.15, -0.1) is 0 Å². The van der Waals surface area contributed by atoms with Gasteiger partial charge >= 0.3 is 5.51 Å². The Kier molecular flexibility index (Phi) is 8.05. The summed E-state index contributed by atoms with van der Waals surface area (Å²) in [5.41, 5.74) is -2.61. The third-order valence-corrected chi connectivity index (χ3v) is 8.48. The van der Waals surface area contributed by atoms with Gasteiger partial charge in [0.2, 0.25) is 0 Å². The maximum atomic E-state index is 13.6. The highest BCUT2D eigenvalue weighted by molar-refractivity contribution is 8.00. The van der Waals surface area contributed by atoms with Crippen LogP contribution in [0.1, 0.15) is 41.6 Å². The Hall–Kier alpha value is -3.56. The Bertz CT molecular complexity index is 1460. The molecule has 2 aliphatic rings. The molecular weight excluding hydrogens is 541 g/mol. The summed E-state index contributed by atoms with van der Waals surface area (Å²) in [5, 5.41) is 9.20. The Labute approximate surface area is 235 Å². The summed E-state index contributed by atoms with van der Waals surface area (Å²) in [4.78, 5) is 18.8. The number of piperidine rings is 1. The van der Waals surface area contributed by atoms with Gasteiger partial charge in [0.15, 0.2) is 5.82 Å². The molecule has 1 amide bonds. The first-order chi connectivity index (χ1) is 19.2. The highest BCUT2D eigenvalue weighted by Crippen LogP contribution is 2.41. The van der Waals surface area contributed by atoms with Crippen molar-refractivity contribution in [1.82, 2.24) is 19.6 Å². The smallest absolute Gasteiger partial charge is 0.447 e. The Morgan fingerprint density at radius 2 is 2.02 bits per heavy atom. The normalized spacial score (nSPS) is 20.6. The third-order valence-electron chi connectivity index (χ3n) is 7.64. The number of benzene rings is 1. The standard InChI is InChI=1S/C28H31F3N6O2S/c1-32-26(38)17-6-9-21(24(16-17)39-3)33-12-4-5-18-15-23-25(34-13-14-37(23)27(18)40-28(29,30)31)35-20-10-7-19-8-11-22(20)36(19)2/h6,9,13-16,19-20,22,33H,7-8,10-12H2,1-3H3,(H,32,38)(H,34,35)/t19-,20-,22-/m1/s1. The first-order valence-corrected chi connectivity index (χ1v) is 13.9. The minimum atomic E-state index is -4.48. The first kappa shape index (κ1) is 28.0. The van der Waals surface area contributed by atoms with Crippen LogP contribution in [0.15, 0.2) is 41.7 Å². The van der Waals surface area contributed by atoms with Crippen molar-refractivity contribution < 1.29 is 22.7 Å². The van der Waals surface area contributed by atoms with Gasteiger partial charge in [-0.25, -0.2) is 4.98 Å². The van der Waals surface area contributed by atoms with Crippen molar-refractivity contribution in [3.8, 4) is 17.6 Å². The highest BCUT2D eigenvalue weighted by atomic mass is 32.2. The van der Waals surface area contributed by atoms with Crippen molar-refractivity contribution in [2.75, 3.05) is 38.4 Å². The number of amides is 1. The topological polar surface area (TPSA) is 82.9 Å². The van der Waals surface area contributed by atoms with Gasteiger partial charge < -0.3 is 25.1 Å². The lowest BCUT2D eigenvalue weighted by Crippen LogP contribution is -2.48. The lowest BCUT2D eigenvalue weighted by molar-refractivity contribution is -0.0329. The van der Waals surface area contributed by atoms with E-state index in [2.05, 4.69) is 44.7 Å². The maximum absolute atomic E-state index is 13.6. The molecule has 2 fully saturated rings. The Morgan fingerprint density at radius 1 is 1.23 bits per heavy atom. The third kappa shape index (κ3) is 5.81. The van der Waals surface area contributed by atoms with Crippen LogP contribution in [0.2, 0.25) is 0 Å². The molecule has 2 saturated heterocycles. The van der Waals surface area contributed by atoms with Crippen LogP contribution in [0, 0.1) is 11.8 Å². The number of thioether (sulfide) groups is 1. The average Bonchev–Trinajstić information content (AvgIpc) is 3.38. The van der Waals surface area contributed by atoms with Crippen LogP contribution in [0.25, 0.3) is 5.52 Å². The zero-order chi connectivity index (χ0) is 28.4. The highest BCUT2D eigenvalue weighted by Gasteiger charge is 2.40. The lowest BCUT2D eigenvalue weighted by atomic mass is 9.98. The molecule has 3 N–H and O–H groups in total. The number of alkyl halides is 3. The Balaban J connectivity index is 1.40. The van der Waals surface area contributed by atoms with Gasteiger partial charge in [0.25, 0.3) is 5.91 Å². The van der Waals surface area contributed by atoms with Gasteiger partial charge in [-0.3, -0.25) is 9.69 Å². The van der Waals surface area contributed by atoms with Crippen molar-refractivity contribution in [3.63, 3.8) is 0 Å². The molecule has 3 atom stereocenters. The molecule has 0 radical (unpaired) electrons. The molecule has 3 aromatic rings. The number of likely N-dealkylation sites (N-methyl/N-ethyl adjacent to an activating group) is 1. The fraction of sp³-hybridized carbons (Fsp3) is 0.429. The number of nitrogens with zero attached hydrogens (tertiary/aromatic N) is 3. The van der Waals surface area contributed by atoms with E-state index < -0.39 is 5.51 Å². The second kappa shape index (κ2) is 11.5. The SMILES string of the molecule is CNC(=O)c1ccc(NCC#Cc2cc3c(N[C@@H]4CC[C@@H]5CC[C@H]4N5C)nccn3c2SC(F)(F)F)c(OC)c1. The van der Waals surface area contributed by atoms with Crippen LogP contribution in [0.3, 0.4) is 0 Å². The van der Waals surface area contributed by atoms with E-state index in [4.69, 9.17) is 4.74 Å². The molecule has 2 aliphatic heterocycles. The molecule has 0 aliphatic carbocycles. The van der Waals surface area contributed by atoms with E-state index in [-0.39, 0.29) is 40.8 Å². The number of anilines is 2. The molecule has 8 nitrogen and oxygen atoms in total. The van der Waals surface area contributed by atoms with Crippen molar-refractivity contribution in [2.45, 2.75) is 54.3 Å². The quantitative estimate of drug-likeness (QED) is 0.277. The minimum Gasteiger partial charge on any atom is -0.495 e. The molecule has 0 spiro atoms. The molecule has 5 rings (SSSR count). The second-order valence-electron chi connectivity index (χ2n) is 9.88. The van der Waals surface area contributed by atoms with E-state index in [1.54, 1.807) is 31.3 Å². The van der Waals surface area contributed by atoms with Crippen LogP contribution < -0.4 is 20.7 Å². The minimum absolute atomic E-state index is 0.00495. The van der Waals surface area contributed by atoms with Gasteiger partial charge in [0.1, 0.15) is 10.8 Å². The van der Waals surface area contributed by atoms with E-state index in [0.717, 1.165) is 19.3 Å². The van der Waals surface area contributed by atoms with Gasteiger partial charge in [-0.2, -0.15) is 13.2 Å². The van der Waals surface area contributed by atoms with Crippen molar-refractivity contribution in [1.29, 1.82) is 0 Å². The largest absolute Gasteiger partial charge is 0.495 e. The number of hydrogen-bond acceptors (Lipinski definition) is 7. The molecule has 4 heterocycles. The average molecular weight is 573 g/mol. The lowest BCUT2D eigenvalue weighted by Gasteiger charge is -2.38. The van der Waals surface area contributed by atoms with Gasteiger partial charge in [0, 0.05) is 54.9 Å². The number of rotatable bonds is 7. The van der Waals surface area contributed by atoms with E-state index in [9.17, 15) is 18.0 Å². The zero-order valence-electron chi connectivity index (χ0n) is 22.4. The number of halogens is 3. The fourth-order valence-electron chi connectivity index (χ4n) is 5.68. The van der Waals surface area contributed by atoms with E-state index in [1.807, 2.05) is 0 Å². The summed E-state index contributed by atoms with van der Waals surface area (Å²) < 4.78 is 47.6. The molecule has 0 saturated carbocycles. The van der Waals surface area contributed by atoms with Crippen LogP contribution in [-0.2, 0) is 0 Å². The maximum Gasteiger partial charge on any atom is 0.447 e. The number of carbonyl (C=O) groups is 1. The molecule has 40 heavy (non-hydrogen) atoms. The molecular formula is C28H31F3N6O2S. The summed E-state index contributed by atoms with van der Waals surface area (Å²) in [7, 11) is 5.18. The number of aromatic nitrogens is 2. The van der Waals surface area contributed by atoms with Crippen molar-refractivity contribution in [3.05, 3.63) is 47.8 Å². The first-order valence-electron chi connectivity index (χ1n) is 13.1. The van der Waals surface area contributed by atoms with E-state index >= 15 is 0 Å². The van der Waals surface area contributed by atoms with E-state index in [0.29, 0.717) is 40.4 Å². The number of fused-ring (bicyclic) bond motifs is 3.